The third-order valence-electron chi connectivity index (χ3n) is 4.86. The molecule has 1 aliphatic rings. The summed E-state index contributed by atoms with van der Waals surface area (Å²) in [6.07, 6.45) is 0. The third-order valence-corrected chi connectivity index (χ3v) is 4.86. The lowest BCUT2D eigenvalue weighted by Crippen LogP contribution is -2.50. The first-order valence-corrected chi connectivity index (χ1v) is 9.52. The minimum Gasteiger partial charge on any atom is -0.463 e. The van der Waals surface area contributed by atoms with E-state index in [2.05, 4.69) is 37.9 Å². The minimum absolute atomic E-state index is 0.223. The molecule has 27 heavy (non-hydrogen) atoms. The van der Waals surface area contributed by atoms with Crippen molar-refractivity contribution in [2.75, 3.05) is 20.2 Å². The van der Waals surface area contributed by atoms with Gasteiger partial charge in [-0.05, 0) is 40.2 Å². The maximum Gasteiger partial charge on any atom is 0.338 e. The van der Waals surface area contributed by atoms with Crippen molar-refractivity contribution in [1.29, 1.82) is 0 Å². The number of hydrogen-bond acceptors (Lipinski definition) is 4. The van der Waals surface area contributed by atoms with Crippen LogP contribution in [-0.4, -0.2) is 54.1 Å². The highest BCUT2D eigenvalue weighted by Crippen LogP contribution is 2.31. The lowest BCUT2D eigenvalue weighted by molar-refractivity contribution is -0.139. The first-order chi connectivity index (χ1) is 12.8. The number of urea groups is 1. The van der Waals surface area contributed by atoms with Gasteiger partial charge in [0.15, 0.2) is 0 Å². The maximum atomic E-state index is 12.9. The molecular weight excluding hydrogens is 342 g/mol. The SMILES string of the molecule is CCOC(=O)C1=C(CN(C(C)C)C(C)C)N(C)C(=O)N[C@@H]1c1ccccc1. The van der Waals surface area contributed by atoms with Crippen LogP contribution in [0.4, 0.5) is 4.79 Å². The Morgan fingerprint density at radius 1 is 1.19 bits per heavy atom. The Morgan fingerprint density at radius 2 is 1.78 bits per heavy atom. The van der Waals surface area contributed by atoms with Crippen LogP contribution in [0.3, 0.4) is 0 Å². The highest BCUT2D eigenvalue weighted by molar-refractivity contribution is 5.95. The van der Waals surface area contributed by atoms with Crippen LogP contribution in [0.5, 0.6) is 0 Å². The molecule has 0 saturated carbocycles. The van der Waals surface area contributed by atoms with Crippen LogP contribution in [0, 0.1) is 0 Å². The van der Waals surface area contributed by atoms with Gasteiger partial charge in [-0.2, -0.15) is 0 Å². The molecule has 1 atom stereocenters. The molecule has 0 aromatic heterocycles. The largest absolute Gasteiger partial charge is 0.463 e. The number of carbonyl (C=O) groups is 2. The zero-order valence-corrected chi connectivity index (χ0v) is 17.2. The van der Waals surface area contributed by atoms with Gasteiger partial charge >= 0.3 is 12.0 Å². The summed E-state index contributed by atoms with van der Waals surface area (Å²) in [6.45, 7) is 11.0. The number of amides is 2. The predicted octanol–water partition coefficient (Wildman–Crippen LogP) is 3.32. The lowest BCUT2D eigenvalue weighted by atomic mass is 9.94. The predicted molar refractivity (Wildman–Crippen MR) is 106 cm³/mol. The Kier molecular flexibility index (Phi) is 7.02. The number of benzene rings is 1. The summed E-state index contributed by atoms with van der Waals surface area (Å²) in [5.74, 6) is -0.388. The zero-order chi connectivity index (χ0) is 20.1. The molecule has 0 unspecified atom stereocenters. The summed E-state index contributed by atoms with van der Waals surface area (Å²) >= 11 is 0. The average molecular weight is 373 g/mol. The lowest BCUT2D eigenvalue weighted by Gasteiger charge is -2.39. The Balaban J connectivity index is 2.59. The van der Waals surface area contributed by atoms with Crippen molar-refractivity contribution in [2.45, 2.75) is 52.7 Å². The minimum atomic E-state index is -0.523. The molecule has 0 aliphatic carbocycles. The number of ether oxygens (including phenoxy) is 1. The first kappa shape index (κ1) is 21.0. The number of nitrogens with one attached hydrogen (secondary N) is 1. The van der Waals surface area contributed by atoms with Crippen molar-refractivity contribution < 1.29 is 14.3 Å². The van der Waals surface area contributed by atoms with Crippen LogP contribution in [0.1, 0.15) is 46.2 Å². The van der Waals surface area contributed by atoms with Crippen LogP contribution in [0.15, 0.2) is 41.6 Å². The number of nitrogens with zero attached hydrogens (tertiary/aromatic N) is 2. The van der Waals surface area contributed by atoms with Crippen molar-refractivity contribution in [1.82, 2.24) is 15.1 Å². The summed E-state index contributed by atoms with van der Waals surface area (Å²) in [5.41, 5.74) is 2.05. The van der Waals surface area contributed by atoms with Crippen molar-refractivity contribution in [3.8, 4) is 0 Å². The first-order valence-electron chi connectivity index (χ1n) is 9.52. The second-order valence-corrected chi connectivity index (χ2v) is 7.29. The standard InChI is InChI=1S/C21H31N3O3/c1-7-27-20(25)18-17(13-24(14(2)3)15(4)5)23(6)21(26)22-19(18)16-11-9-8-10-12-16/h8-12,14-15,19H,7,13H2,1-6H3,(H,22,26)/t19-/m1/s1. The molecule has 2 rings (SSSR count). The molecule has 0 radical (unpaired) electrons. The second-order valence-electron chi connectivity index (χ2n) is 7.29. The Morgan fingerprint density at radius 3 is 2.30 bits per heavy atom. The van der Waals surface area contributed by atoms with E-state index in [1.165, 1.54) is 4.90 Å². The molecule has 0 spiro atoms. The molecule has 0 fully saturated rings. The topological polar surface area (TPSA) is 61.9 Å². The summed E-state index contributed by atoms with van der Waals surface area (Å²) in [6, 6.07) is 9.33. The van der Waals surface area contributed by atoms with Gasteiger partial charge in [0.2, 0.25) is 0 Å². The fourth-order valence-corrected chi connectivity index (χ4v) is 3.43. The monoisotopic (exact) mass is 373 g/mol. The molecular formula is C21H31N3O3. The summed E-state index contributed by atoms with van der Waals surface area (Å²) < 4.78 is 5.36. The van der Waals surface area contributed by atoms with Gasteiger partial charge in [0.25, 0.3) is 0 Å². The molecule has 2 amide bonds. The second kappa shape index (κ2) is 9.04. The molecule has 1 aliphatic heterocycles. The highest BCUT2D eigenvalue weighted by atomic mass is 16.5. The van der Waals surface area contributed by atoms with Crippen molar-refractivity contribution >= 4 is 12.0 Å². The quantitative estimate of drug-likeness (QED) is 0.745. The number of rotatable bonds is 7. The van der Waals surface area contributed by atoms with E-state index in [1.807, 2.05) is 30.3 Å². The van der Waals surface area contributed by atoms with E-state index in [-0.39, 0.29) is 30.7 Å². The average Bonchev–Trinajstić information content (AvgIpc) is 2.62. The van der Waals surface area contributed by atoms with Crippen LogP contribution in [-0.2, 0) is 9.53 Å². The van der Waals surface area contributed by atoms with E-state index in [4.69, 9.17) is 4.74 Å². The van der Waals surface area contributed by atoms with Gasteiger partial charge in [0.1, 0.15) is 0 Å². The Bertz CT molecular complexity index is 690. The Labute approximate surface area is 162 Å². The van der Waals surface area contributed by atoms with Gasteiger partial charge in [-0.25, -0.2) is 9.59 Å². The molecule has 1 aromatic carbocycles. The summed E-state index contributed by atoms with van der Waals surface area (Å²) in [7, 11) is 1.70. The molecule has 0 bridgehead atoms. The molecule has 0 saturated heterocycles. The van der Waals surface area contributed by atoms with Gasteiger partial charge in [-0.3, -0.25) is 9.80 Å². The smallest absolute Gasteiger partial charge is 0.338 e. The summed E-state index contributed by atoms with van der Waals surface area (Å²) in [4.78, 5) is 29.3. The van der Waals surface area contributed by atoms with Crippen molar-refractivity contribution in [2.24, 2.45) is 0 Å². The highest BCUT2D eigenvalue weighted by Gasteiger charge is 2.37. The van der Waals surface area contributed by atoms with E-state index >= 15 is 0 Å². The van der Waals surface area contributed by atoms with Crippen LogP contribution < -0.4 is 5.32 Å². The number of esters is 1. The third kappa shape index (κ3) is 4.69. The van der Waals surface area contributed by atoms with E-state index < -0.39 is 6.04 Å². The van der Waals surface area contributed by atoms with Crippen LogP contribution in [0.25, 0.3) is 0 Å². The molecule has 6 heteroatoms. The Hall–Kier alpha value is -2.34. The van der Waals surface area contributed by atoms with E-state index in [0.717, 1.165) is 5.56 Å². The summed E-state index contributed by atoms with van der Waals surface area (Å²) in [5, 5.41) is 2.94. The fourth-order valence-electron chi connectivity index (χ4n) is 3.43. The van der Waals surface area contributed by atoms with Crippen LogP contribution in [0.2, 0.25) is 0 Å². The molecule has 6 nitrogen and oxygen atoms in total. The van der Waals surface area contributed by atoms with Crippen molar-refractivity contribution in [3.63, 3.8) is 0 Å². The van der Waals surface area contributed by atoms with E-state index in [9.17, 15) is 9.59 Å². The van der Waals surface area contributed by atoms with Gasteiger partial charge in [-0.1, -0.05) is 30.3 Å². The van der Waals surface area contributed by atoms with E-state index in [0.29, 0.717) is 17.8 Å². The van der Waals surface area contributed by atoms with Gasteiger partial charge in [-0.15, -0.1) is 0 Å². The van der Waals surface area contributed by atoms with Gasteiger partial charge in [0, 0.05) is 31.4 Å². The number of likely N-dealkylation sites (N-methyl/N-ethyl adjacent to an activating group) is 1. The zero-order valence-electron chi connectivity index (χ0n) is 17.2. The van der Waals surface area contributed by atoms with Crippen LogP contribution >= 0.6 is 0 Å². The molecule has 1 heterocycles. The van der Waals surface area contributed by atoms with E-state index in [1.54, 1.807) is 14.0 Å². The molecule has 1 aromatic rings. The maximum absolute atomic E-state index is 12.9. The molecule has 1 N–H and O–H groups in total. The van der Waals surface area contributed by atoms with Gasteiger partial charge < -0.3 is 10.1 Å². The van der Waals surface area contributed by atoms with Gasteiger partial charge in [0.05, 0.1) is 18.2 Å². The number of carbonyl (C=O) groups excluding carboxylic acids is 2. The fraction of sp³-hybridized carbons (Fsp3) is 0.524. The van der Waals surface area contributed by atoms with Crippen molar-refractivity contribution in [3.05, 3.63) is 47.2 Å². The normalized spacial score (nSPS) is 17.7. The number of hydrogen-bond donors (Lipinski definition) is 1. The molecule has 148 valence electrons.